The quantitative estimate of drug-likeness (QED) is 0.894. The van der Waals surface area contributed by atoms with Crippen LogP contribution in [0.3, 0.4) is 0 Å². The average molecular weight is 266 g/mol. The molecule has 1 fully saturated rings. The highest BCUT2D eigenvalue weighted by atomic mass is 79.9. The third-order valence-electron chi connectivity index (χ3n) is 2.67. The van der Waals surface area contributed by atoms with Gasteiger partial charge in [-0.3, -0.25) is 0 Å². The smallest absolute Gasteiger partial charge is 0.144 e. The van der Waals surface area contributed by atoms with Crippen molar-refractivity contribution in [3.05, 3.63) is 22.3 Å². The normalized spacial score (nSPS) is 16.3. The minimum Gasteiger partial charge on any atom is -0.366 e. The number of pyridine rings is 1. The lowest BCUT2D eigenvalue weighted by Gasteiger charge is -2.13. The number of halogens is 1. The van der Waals surface area contributed by atoms with Crippen LogP contribution in [0.1, 0.15) is 31.2 Å². The van der Waals surface area contributed by atoms with E-state index < -0.39 is 0 Å². The Balaban J connectivity index is 2.16. The van der Waals surface area contributed by atoms with Crippen LogP contribution in [-0.2, 0) is 0 Å². The first kappa shape index (κ1) is 10.4. The predicted molar refractivity (Wildman–Crippen MR) is 62.5 cm³/mol. The minimum absolute atomic E-state index is 0.491. The zero-order chi connectivity index (χ0) is 10.7. The van der Waals surface area contributed by atoms with Crippen molar-refractivity contribution in [1.82, 2.24) is 4.98 Å². The van der Waals surface area contributed by atoms with E-state index in [-0.39, 0.29) is 0 Å². The molecule has 0 amide bonds. The highest BCUT2D eigenvalue weighted by Crippen LogP contribution is 2.24. The molecule has 1 N–H and O–H groups in total. The van der Waals surface area contributed by atoms with Gasteiger partial charge in [0.1, 0.15) is 11.9 Å². The number of aromatic nitrogens is 1. The third kappa shape index (κ3) is 2.48. The standard InChI is InChI=1S/C11H12BrN3/c12-9-5-8(6-13)11(14-7-9)15-10-3-1-2-4-10/h5,7,10H,1-4H2,(H,14,15). The molecule has 1 aromatic rings. The maximum absolute atomic E-state index is 8.97. The molecule has 1 aromatic heterocycles. The molecule has 1 aliphatic rings. The van der Waals surface area contributed by atoms with Crippen LogP contribution in [0.25, 0.3) is 0 Å². The van der Waals surface area contributed by atoms with Crippen molar-refractivity contribution < 1.29 is 0 Å². The van der Waals surface area contributed by atoms with Gasteiger partial charge in [0.05, 0.1) is 5.56 Å². The van der Waals surface area contributed by atoms with Gasteiger partial charge in [0, 0.05) is 16.7 Å². The van der Waals surface area contributed by atoms with E-state index in [1.54, 1.807) is 12.3 Å². The van der Waals surface area contributed by atoms with Gasteiger partial charge >= 0.3 is 0 Å². The Morgan fingerprint density at radius 3 is 2.87 bits per heavy atom. The van der Waals surface area contributed by atoms with Crippen molar-refractivity contribution in [2.24, 2.45) is 0 Å². The first-order valence-corrected chi connectivity index (χ1v) is 5.91. The van der Waals surface area contributed by atoms with Gasteiger partial charge in [-0.25, -0.2) is 4.98 Å². The lowest BCUT2D eigenvalue weighted by molar-refractivity contribution is 0.750. The van der Waals surface area contributed by atoms with Gasteiger partial charge in [-0.2, -0.15) is 5.26 Å². The van der Waals surface area contributed by atoms with Crippen molar-refractivity contribution in [2.45, 2.75) is 31.7 Å². The van der Waals surface area contributed by atoms with Gasteiger partial charge in [0.2, 0.25) is 0 Å². The molecular weight excluding hydrogens is 254 g/mol. The monoisotopic (exact) mass is 265 g/mol. The number of nitrogens with zero attached hydrogens (tertiary/aromatic N) is 2. The van der Waals surface area contributed by atoms with E-state index in [0.717, 1.165) is 4.47 Å². The van der Waals surface area contributed by atoms with E-state index in [4.69, 9.17) is 5.26 Å². The molecule has 0 aliphatic heterocycles. The SMILES string of the molecule is N#Cc1cc(Br)cnc1NC1CCCC1. The van der Waals surface area contributed by atoms with Crippen LogP contribution in [0.2, 0.25) is 0 Å². The Labute approximate surface area is 97.6 Å². The van der Waals surface area contributed by atoms with E-state index in [1.807, 2.05) is 0 Å². The Morgan fingerprint density at radius 1 is 1.47 bits per heavy atom. The molecule has 0 aromatic carbocycles. The Morgan fingerprint density at radius 2 is 2.20 bits per heavy atom. The average Bonchev–Trinajstić information content (AvgIpc) is 2.73. The predicted octanol–water partition coefficient (Wildman–Crippen LogP) is 3.07. The molecule has 1 saturated carbocycles. The van der Waals surface area contributed by atoms with Gasteiger partial charge in [-0.05, 0) is 34.8 Å². The van der Waals surface area contributed by atoms with Crippen LogP contribution in [0.4, 0.5) is 5.82 Å². The molecule has 0 spiro atoms. The number of nitriles is 1. The van der Waals surface area contributed by atoms with Gasteiger partial charge in [-0.1, -0.05) is 12.8 Å². The van der Waals surface area contributed by atoms with Crippen LogP contribution >= 0.6 is 15.9 Å². The van der Waals surface area contributed by atoms with Crippen molar-refractivity contribution in [3.63, 3.8) is 0 Å². The van der Waals surface area contributed by atoms with Crippen molar-refractivity contribution in [3.8, 4) is 6.07 Å². The van der Waals surface area contributed by atoms with Crippen molar-refractivity contribution in [1.29, 1.82) is 5.26 Å². The third-order valence-corrected chi connectivity index (χ3v) is 3.10. The molecule has 1 aliphatic carbocycles. The van der Waals surface area contributed by atoms with Gasteiger partial charge in [-0.15, -0.1) is 0 Å². The molecule has 0 radical (unpaired) electrons. The Bertz CT molecular complexity index is 391. The van der Waals surface area contributed by atoms with Crippen LogP contribution in [0, 0.1) is 11.3 Å². The molecule has 0 unspecified atom stereocenters. The second-order valence-electron chi connectivity index (χ2n) is 3.79. The zero-order valence-electron chi connectivity index (χ0n) is 8.33. The van der Waals surface area contributed by atoms with Crippen molar-refractivity contribution >= 4 is 21.7 Å². The summed E-state index contributed by atoms with van der Waals surface area (Å²) in [7, 11) is 0. The largest absolute Gasteiger partial charge is 0.366 e. The summed E-state index contributed by atoms with van der Waals surface area (Å²) in [5.74, 6) is 0.715. The molecule has 1 heterocycles. The molecule has 2 rings (SSSR count). The lowest BCUT2D eigenvalue weighted by Crippen LogP contribution is -2.16. The molecule has 4 heteroatoms. The first-order chi connectivity index (χ1) is 7.29. The van der Waals surface area contributed by atoms with Crippen LogP contribution < -0.4 is 5.32 Å². The maximum atomic E-state index is 8.97. The van der Waals surface area contributed by atoms with E-state index in [9.17, 15) is 0 Å². The summed E-state index contributed by atoms with van der Waals surface area (Å²) in [6.07, 6.45) is 6.63. The Hall–Kier alpha value is -1.08. The molecule has 78 valence electrons. The molecule has 15 heavy (non-hydrogen) atoms. The van der Waals surface area contributed by atoms with Gasteiger partial charge in [0.25, 0.3) is 0 Å². The van der Waals surface area contributed by atoms with Crippen LogP contribution in [-0.4, -0.2) is 11.0 Å². The second kappa shape index (κ2) is 4.63. The second-order valence-corrected chi connectivity index (χ2v) is 4.70. The van der Waals surface area contributed by atoms with Crippen LogP contribution in [0.15, 0.2) is 16.7 Å². The van der Waals surface area contributed by atoms with E-state index in [1.165, 1.54) is 25.7 Å². The first-order valence-electron chi connectivity index (χ1n) is 5.12. The summed E-state index contributed by atoms with van der Waals surface area (Å²) in [6, 6.07) is 4.44. The lowest BCUT2D eigenvalue weighted by atomic mass is 10.2. The molecule has 0 bridgehead atoms. The number of anilines is 1. The van der Waals surface area contributed by atoms with E-state index in [0.29, 0.717) is 17.4 Å². The summed E-state index contributed by atoms with van der Waals surface area (Å²) in [5.41, 5.74) is 0.608. The van der Waals surface area contributed by atoms with Gasteiger partial charge in [0.15, 0.2) is 0 Å². The van der Waals surface area contributed by atoms with Gasteiger partial charge < -0.3 is 5.32 Å². The fourth-order valence-electron chi connectivity index (χ4n) is 1.90. The summed E-state index contributed by atoms with van der Waals surface area (Å²) in [6.45, 7) is 0. The zero-order valence-corrected chi connectivity index (χ0v) is 9.92. The van der Waals surface area contributed by atoms with Crippen LogP contribution in [0.5, 0.6) is 0 Å². The Kier molecular flexibility index (Phi) is 3.22. The highest BCUT2D eigenvalue weighted by Gasteiger charge is 2.16. The van der Waals surface area contributed by atoms with E-state index >= 15 is 0 Å². The summed E-state index contributed by atoms with van der Waals surface area (Å²) >= 11 is 3.31. The minimum atomic E-state index is 0.491. The molecule has 0 saturated heterocycles. The summed E-state index contributed by atoms with van der Waals surface area (Å²) < 4.78 is 0.844. The van der Waals surface area contributed by atoms with E-state index in [2.05, 4.69) is 32.3 Å². The number of hydrogen-bond acceptors (Lipinski definition) is 3. The molecular formula is C11H12BrN3. The highest BCUT2D eigenvalue weighted by molar-refractivity contribution is 9.10. The molecule has 3 nitrogen and oxygen atoms in total. The maximum Gasteiger partial charge on any atom is 0.144 e. The van der Waals surface area contributed by atoms with Crippen molar-refractivity contribution in [2.75, 3.05) is 5.32 Å². The number of nitrogens with one attached hydrogen (secondary N) is 1. The number of rotatable bonds is 2. The fraction of sp³-hybridized carbons (Fsp3) is 0.455. The fourth-order valence-corrected chi connectivity index (χ4v) is 2.23. The summed E-state index contributed by atoms with van der Waals surface area (Å²) in [5, 5.41) is 12.3. The topological polar surface area (TPSA) is 48.7 Å². The summed E-state index contributed by atoms with van der Waals surface area (Å²) in [4.78, 5) is 4.23. The molecule has 0 atom stereocenters. The number of hydrogen-bond donors (Lipinski definition) is 1.